The third kappa shape index (κ3) is 4.72. The molecule has 0 aliphatic carbocycles. The van der Waals surface area contributed by atoms with Crippen LogP contribution in [0.3, 0.4) is 0 Å². The Balaban J connectivity index is 1.84. The Bertz CT molecular complexity index is 677. The zero-order valence-corrected chi connectivity index (χ0v) is 14.0. The van der Waals surface area contributed by atoms with E-state index in [1.165, 1.54) is 11.8 Å². The highest BCUT2D eigenvalue weighted by Gasteiger charge is 2.29. The van der Waals surface area contributed by atoms with Crippen molar-refractivity contribution in [2.24, 2.45) is 0 Å². The second-order valence-corrected chi connectivity index (χ2v) is 6.67. The molecule has 1 aromatic rings. The van der Waals surface area contributed by atoms with E-state index in [2.05, 4.69) is 16.1 Å². The van der Waals surface area contributed by atoms with Crippen LogP contribution in [0, 0.1) is 0 Å². The van der Waals surface area contributed by atoms with E-state index < -0.39 is 23.0 Å². The number of hydrogen-bond donors (Lipinski definition) is 4. The molecule has 1 aromatic carbocycles. The highest BCUT2D eigenvalue weighted by Crippen LogP contribution is 2.36. The molecule has 24 heavy (non-hydrogen) atoms. The van der Waals surface area contributed by atoms with E-state index >= 15 is 0 Å². The first-order valence-electron chi connectivity index (χ1n) is 7.33. The summed E-state index contributed by atoms with van der Waals surface area (Å²) < 4.78 is 0. The van der Waals surface area contributed by atoms with E-state index in [1.54, 1.807) is 19.9 Å². The molecule has 0 saturated heterocycles. The lowest BCUT2D eigenvalue weighted by Gasteiger charge is -2.23. The summed E-state index contributed by atoms with van der Waals surface area (Å²) in [5, 5.41) is 4.51. The van der Waals surface area contributed by atoms with E-state index in [4.69, 9.17) is 0 Å². The number of anilines is 1. The number of rotatable bonds is 3. The van der Waals surface area contributed by atoms with Gasteiger partial charge in [0.25, 0.3) is 0 Å². The lowest BCUT2D eigenvalue weighted by atomic mass is 10.2. The molecule has 2 rings (SSSR count). The lowest BCUT2D eigenvalue weighted by molar-refractivity contribution is -0.141. The van der Waals surface area contributed by atoms with Gasteiger partial charge in [-0.15, -0.1) is 11.8 Å². The average molecular weight is 350 g/mol. The van der Waals surface area contributed by atoms with Crippen LogP contribution in [0.15, 0.2) is 29.2 Å². The fourth-order valence-corrected chi connectivity index (χ4v) is 3.07. The van der Waals surface area contributed by atoms with Crippen LogP contribution in [0.25, 0.3) is 0 Å². The minimum atomic E-state index is -0.969. The van der Waals surface area contributed by atoms with Gasteiger partial charge in [0.1, 0.15) is 0 Å². The molecule has 0 saturated carbocycles. The third-order valence-corrected chi connectivity index (χ3v) is 4.29. The van der Waals surface area contributed by atoms with E-state index in [-0.39, 0.29) is 18.4 Å². The topological polar surface area (TPSA) is 116 Å². The summed E-state index contributed by atoms with van der Waals surface area (Å²) >= 11 is 1.28. The second kappa shape index (κ2) is 7.82. The van der Waals surface area contributed by atoms with E-state index in [1.807, 2.05) is 23.6 Å². The molecule has 0 spiro atoms. The van der Waals surface area contributed by atoms with Crippen molar-refractivity contribution in [1.82, 2.24) is 16.2 Å². The number of hydrogen-bond acceptors (Lipinski definition) is 5. The Hall–Kier alpha value is -2.55. The molecule has 1 atom stereocenters. The molecule has 0 fully saturated rings. The highest BCUT2D eigenvalue weighted by molar-refractivity contribution is 8.01. The second-order valence-electron chi connectivity index (χ2n) is 5.43. The van der Waals surface area contributed by atoms with Gasteiger partial charge in [-0.2, -0.15) is 0 Å². The number of carbonyl (C=O) groups is 4. The average Bonchev–Trinajstić information content (AvgIpc) is 2.52. The normalized spacial score (nSPS) is 16.0. The number of fused-ring (bicyclic) bond motifs is 1. The van der Waals surface area contributed by atoms with Gasteiger partial charge in [-0.3, -0.25) is 30.0 Å². The molecular weight excluding hydrogens is 332 g/mol. The van der Waals surface area contributed by atoms with Crippen molar-refractivity contribution >= 4 is 41.1 Å². The largest absolute Gasteiger partial charge is 0.346 e. The molecule has 1 aliphatic rings. The smallest absolute Gasteiger partial charge is 0.327 e. The zero-order valence-electron chi connectivity index (χ0n) is 13.2. The minimum absolute atomic E-state index is 0.128. The van der Waals surface area contributed by atoms with Crippen molar-refractivity contribution in [2.75, 3.05) is 5.32 Å². The first-order valence-corrected chi connectivity index (χ1v) is 8.21. The monoisotopic (exact) mass is 350 g/mol. The molecule has 0 radical (unpaired) electrons. The zero-order chi connectivity index (χ0) is 17.7. The Morgan fingerprint density at radius 3 is 2.58 bits per heavy atom. The van der Waals surface area contributed by atoms with Crippen LogP contribution < -0.4 is 21.5 Å². The molecule has 1 heterocycles. The predicted molar refractivity (Wildman–Crippen MR) is 88.9 cm³/mol. The number of hydrazine groups is 1. The van der Waals surface area contributed by atoms with Crippen molar-refractivity contribution in [1.29, 1.82) is 0 Å². The summed E-state index contributed by atoms with van der Waals surface area (Å²) in [4.78, 5) is 47.6. The maximum Gasteiger partial charge on any atom is 0.327 e. The summed E-state index contributed by atoms with van der Waals surface area (Å²) in [6, 6.07) is 7.09. The first-order chi connectivity index (χ1) is 11.4. The van der Waals surface area contributed by atoms with Gasteiger partial charge in [-0.1, -0.05) is 12.1 Å². The molecule has 128 valence electrons. The van der Waals surface area contributed by atoms with E-state index in [0.29, 0.717) is 5.69 Å². The Labute approximate surface area is 143 Å². The van der Waals surface area contributed by atoms with Crippen molar-refractivity contribution < 1.29 is 19.2 Å². The molecule has 0 unspecified atom stereocenters. The van der Waals surface area contributed by atoms with Crippen molar-refractivity contribution in [3.05, 3.63) is 24.3 Å². The van der Waals surface area contributed by atoms with Crippen LogP contribution in [0.5, 0.6) is 0 Å². The van der Waals surface area contributed by atoms with Crippen LogP contribution >= 0.6 is 11.8 Å². The first kappa shape index (κ1) is 17.8. The Morgan fingerprint density at radius 1 is 1.17 bits per heavy atom. The van der Waals surface area contributed by atoms with Crippen molar-refractivity contribution in [2.45, 2.75) is 36.5 Å². The molecule has 1 aliphatic heterocycles. The molecule has 8 nitrogen and oxygen atoms in total. The van der Waals surface area contributed by atoms with Gasteiger partial charge in [0.2, 0.25) is 11.8 Å². The van der Waals surface area contributed by atoms with Gasteiger partial charge in [0.15, 0.2) is 0 Å². The predicted octanol–water partition coefficient (Wildman–Crippen LogP) is 0.161. The maximum absolute atomic E-state index is 12.0. The molecular formula is C15H18N4O4S. The molecule has 4 N–H and O–H groups in total. The summed E-state index contributed by atoms with van der Waals surface area (Å²) in [5.41, 5.74) is 4.87. The summed E-state index contributed by atoms with van der Waals surface area (Å²) in [6.45, 7) is 3.42. The van der Waals surface area contributed by atoms with E-state index in [0.717, 1.165) is 4.90 Å². The number of nitrogens with one attached hydrogen (secondary N) is 4. The van der Waals surface area contributed by atoms with Crippen LogP contribution in [-0.2, 0) is 19.2 Å². The van der Waals surface area contributed by atoms with Crippen molar-refractivity contribution in [3.8, 4) is 0 Å². The third-order valence-electron chi connectivity index (χ3n) is 3.02. The molecule has 0 aromatic heterocycles. The van der Waals surface area contributed by atoms with Gasteiger partial charge in [0.05, 0.1) is 10.9 Å². The Kier molecular flexibility index (Phi) is 5.80. The van der Waals surface area contributed by atoms with Gasteiger partial charge in [0, 0.05) is 17.4 Å². The molecule has 0 bridgehead atoms. The van der Waals surface area contributed by atoms with Crippen LogP contribution in [-0.4, -0.2) is 34.9 Å². The number of carbonyl (C=O) groups excluding carboxylic acids is 4. The summed E-state index contributed by atoms with van der Waals surface area (Å²) in [5.74, 6) is -2.65. The Morgan fingerprint density at radius 2 is 1.88 bits per heavy atom. The number of thioether (sulfide) groups is 1. The fraction of sp³-hybridized carbons (Fsp3) is 0.333. The SMILES string of the molecule is CC(C)NC(=O)C(=O)NNC(=O)C[C@H]1Sc2ccccc2NC1=O. The number of para-hydroxylation sites is 1. The summed E-state index contributed by atoms with van der Waals surface area (Å²) in [6.07, 6.45) is -0.128. The molecule has 9 heteroatoms. The standard InChI is InChI=1S/C15H18N4O4S/c1-8(2)16-14(22)15(23)19-18-12(20)7-11-13(21)17-9-5-3-4-6-10(9)24-11/h3-6,8,11H,7H2,1-2H3,(H,16,22)(H,17,21)(H,18,20)(H,19,23)/t11-/m1/s1. The van der Waals surface area contributed by atoms with Crippen LogP contribution in [0.1, 0.15) is 20.3 Å². The fourth-order valence-electron chi connectivity index (χ4n) is 1.96. The maximum atomic E-state index is 12.0. The molecule has 4 amide bonds. The number of amides is 4. The van der Waals surface area contributed by atoms with Crippen LogP contribution in [0.2, 0.25) is 0 Å². The van der Waals surface area contributed by atoms with Gasteiger partial charge in [-0.05, 0) is 26.0 Å². The van der Waals surface area contributed by atoms with Gasteiger partial charge >= 0.3 is 11.8 Å². The highest BCUT2D eigenvalue weighted by atomic mass is 32.2. The minimum Gasteiger partial charge on any atom is -0.346 e. The number of benzene rings is 1. The van der Waals surface area contributed by atoms with Crippen molar-refractivity contribution in [3.63, 3.8) is 0 Å². The van der Waals surface area contributed by atoms with Crippen LogP contribution in [0.4, 0.5) is 5.69 Å². The quantitative estimate of drug-likeness (QED) is 0.458. The lowest BCUT2D eigenvalue weighted by Crippen LogP contribution is -2.50. The van der Waals surface area contributed by atoms with Gasteiger partial charge < -0.3 is 10.6 Å². The van der Waals surface area contributed by atoms with E-state index in [9.17, 15) is 19.2 Å². The summed E-state index contributed by atoms with van der Waals surface area (Å²) in [7, 11) is 0. The van der Waals surface area contributed by atoms with Gasteiger partial charge in [-0.25, -0.2) is 0 Å².